The second kappa shape index (κ2) is 10.3. The van der Waals surface area contributed by atoms with Crippen LogP contribution < -0.4 is 9.47 Å². The van der Waals surface area contributed by atoms with E-state index < -0.39 is 6.10 Å². The maximum Gasteiger partial charge on any atom is 0.127 e. The zero-order chi connectivity index (χ0) is 19.9. The number of piperazine rings is 1. The van der Waals surface area contributed by atoms with Crippen LogP contribution in [0.3, 0.4) is 0 Å². The highest BCUT2D eigenvalue weighted by Gasteiger charge is 2.19. The number of likely N-dealkylation sites (N-methyl/N-ethyl adjacent to an activating group) is 1. The summed E-state index contributed by atoms with van der Waals surface area (Å²) in [6, 6.07) is 5.99. The molecule has 0 radical (unpaired) electrons. The molecule has 0 amide bonds. The summed E-state index contributed by atoms with van der Waals surface area (Å²) in [6.45, 7) is 10.1. The van der Waals surface area contributed by atoms with Crippen molar-refractivity contribution in [3.63, 3.8) is 0 Å². The van der Waals surface area contributed by atoms with Gasteiger partial charge in [-0.3, -0.25) is 9.80 Å². The van der Waals surface area contributed by atoms with E-state index in [9.17, 15) is 5.11 Å². The zero-order valence-corrected chi connectivity index (χ0v) is 17.6. The lowest BCUT2D eigenvalue weighted by Gasteiger charge is -2.33. The third-order valence-electron chi connectivity index (χ3n) is 5.68. The molecule has 2 aliphatic heterocycles. The van der Waals surface area contributed by atoms with Crippen LogP contribution in [0.15, 0.2) is 29.8 Å². The van der Waals surface area contributed by atoms with E-state index in [2.05, 4.69) is 40.8 Å². The Hall–Kier alpha value is -1.60. The van der Waals surface area contributed by atoms with E-state index in [0.717, 1.165) is 69.3 Å². The highest BCUT2D eigenvalue weighted by Crippen LogP contribution is 2.27. The standard InChI is InChI=1S/C22H35N3O3/c1-18-6-8-24(9-7-18)15-19-4-5-21(27-3)14-22(19)28-17-20(26)16-25-12-10-23(2)11-13-25/h4-6,14,20,26H,7-13,15-17H2,1-3H3/t20-/m0/s1. The molecule has 6 heteroatoms. The van der Waals surface area contributed by atoms with E-state index in [-0.39, 0.29) is 0 Å². The van der Waals surface area contributed by atoms with E-state index in [1.807, 2.05) is 12.1 Å². The largest absolute Gasteiger partial charge is 0.497 e. The van der Waals surface area contributed by atoms with Gasteiger partial charge in [0.15, 0.2) is 0 Å². The lowest BCUT2D eigenvalue weighted by molar-refractivity contribution is 0.0499. The number of rotatable bonds is 8. The molecule has 0 saturated carbocycles. The highest BCUT2D eigenvalue weighted by molar-refractivity contribution is 5.41. The minimum absolute atomic E-state index is 0.297. The molecule has 1 atom stereocenters. The maximum absolute atomic E-state index is 10.5. The number of aliphatic hydroxyl groups is 1. The number of methoxy groups -OCH3 is 1. The number of hydrogen-bond acceptors (Lipinski definition) is 6. The molecule has 1 N–H and O–H groups in total. The molecule has 1 saturated heterocycles. The van der Waals surface area contributed by atoms with Crippen LogP contribution in [0.5, 0.6) is 11.5 Å². The van der Waals surface area contributed by atoms with Gasteiger partial charge in [0.1, 0.15) is 24.2 Å². The van der Waals surface area contributed by atoms with Crippen LogP contribution in [0.1, 0.15) is 18.9 Å². The van der Waals surface area contributed by atoms with Gasteiger partial charge in [0.05, 0.1) is 7.11 Å². The van der Waals surface area contributed by atoms with Crippen LogP contribution >= 0.6 is 0 Å². The summed E-state index contributed by atoms with van der Waals surface area (Å²) < 4.78 is 11.4. The lowest BCUT2D eigenvalue weighted by Crippen LogP contribution is -2.47. The summed E-state index contributed by atoms with van der Waals surface area (Å²) >= 11 is 0. The van der Waals surface area contributed by atoms with Crippen molar-refractivity contribution in [1.82, 2.24) is 14.7 Å². The monoisotopic (exact) mass is 389 g/mol. The van der Waals surface area contributed by atoms with Crippen LogP contribution in [-0.4, -0.2) is 92.5 Å². The molecule has 1 aromatic rings. The summed E-state index contributed by atoms with van der Waals surface area (Å²) in [4.78, 5) is 7.05. The molecule has 0 unspecified atom stereocenters. The van der Waals surface area contributed by atoms with Gasteiger partial charge in [-0.2, -0.15) is 0 Å². The number of aliphatic hydroxyl groups excluding tert-OH is 1. The molecular weight excluding hydrogens is 354 g/mol. The Morgan fingerprint density at radius 2 is 1.89 bits per heavy atom. The minimum atomic E-state index is -0.497. The fourth-order valence-electron chi connectivity index (χ4n) is 3.69. The quantitative estimate of drug-likeness (QED) is 0.685. The van der Waals surface area contributed by atoms with Crippen molar-refractivity contribution in [1.29, 1.82) is 0 Å². The first kappa shape index (κ1) is 21.1. The van der Waals surface area contributed by atoms with Crippen molar-refractivity contribution in [2.45, 2.75) is 26.0 Å². The van der Waals surface area contributed by atoms with Crippen LogP contribution in [-0.2, 0) is 6.54 Å². The van der Waals surface area contributed by atoms with Crippen LogP contribution in [0.4, 0.5) is 0 Å². The third kappa shape index (κ3) is 6.21. The van der Waals surface area contributed by atoms with Crippen molar-refractivity contribution in [3.8, 4) is 11.5 Å². The summed E-state index contributed by atoms with van der Waals surface area (Å²) in [5, 5.41) is 10.5. The van der Waals surface area contributed by atoms with Crippen molar-refractivity contribution >= 4 is 0 Å². The van der Waals surface area contributed by atoms with Gasteiger partial charge in [-0.05, 0) is 26.5 Å². The van der Waals surface area contributed by atoms with E-state index in [1.54, 1.807) is 7.11 Å². The van der Waals surface area contributed by atoms with E-state index in [4.69, 9.17) is 9.47 Å². The van der Waals surface area contributed by atoms with Gasteiger partial charge in [-0.1, -0.05) is 17.7 Å². The Labute approximate surface area is 169 Å². The minimum Gasteiger partial charge on any atom is -0.497 e. The molecule has 6 nitrogen and oxygen atoms in total. The topological polar surface area (TPSA) is 48.4 Å². The Morgan fingerprint density at radius 1 is 1.11 bits per heavy atom. The second-order valence-electron chi connectivity index (χ2n) is 8.08. The molecule has 0 spiro atoms. The SMILES string of the molecule is COc1ccc(CN2CC=C(C)CC2)c(OC[C@@H](O)CN2CCN(C)CC2)c1. The summed E-state index contributed by atoms with van der Waals surface area (Å²) in [7, 11) is 3.81. The third-order valence-corrected chi connectivity index (χ3v) is 5.68. The number of benzene rings is 1. The molecule has 0 aliphatic carbocycles. The molecular formula is C22H35N3O3. The van der Waals surface area contributed by atoms with Crippen LogP contribution in [0.25, 0.3) is 0 Å². The Kier molecular flexibility index (Phi) is 7.73. The predicted octanol–water partition coefficient (Wildman–Crippen LogP) is 1.83. The predicted molar refractivity (Wildman–Crippen MR) is 112 cm³/mol. The van der Waals surface area contributed by atoms with Crippen molar-refractivity contribution in [2.75, 3.05) is 66.6 Å². The van der Waals surface area contributed by atoms with Gasteiger partial charge in [0, 0.05) is 64.0 Å². The normalized spacial score (nSPS) is 20.6. The summed E-state index contributed by atoms with van der Waals surface area (Å²) in [5.41, 5.74) is 2.61. The summed E-state index contributed by atoms with van der Waals surface area (Å²) in [6.07, 6.45) is 2.92. The zero-order valence-electron chi connectivity index (χ0n) is 17.6. The summed E-state index contributed by atoms with van der Waals surface area (Å²) in [5.74, 6) is 1.59. The second-order valence-corrected chi connectivity index (χ2v) is 8.08. The Balaban J connectivity index is 1.56. The highest BCUT2D eigenvalue weighted by atomic mass is 16.5. The first-order chi connectivity index (χ1) is 13.5. The average Bonchev–Trinajstić information content (AvgIpc) is 2.70. The van der Waals surface area contributed by atoms with Gasteiger partial charge in [-0.25, -0.2) is 0 Å². The van der Waals surface area contributed by atoms with Crippen molar-refractivity contribution in [2.24, 2.45) is 0 Å². The fourth-order valence-corrected chi connectivity index (χ4v) is 3.69. The smallest absolute Gasteiger partial charge is 0.127 e. The van der Waals surface area contributed by atoms with Gasteiger partial charge in [0.25, 0.3) is 0 Å². The molecule has 28 heavy (non-hydrogen) atoms. The van der Waals surface area contributed by atoms with E-state index in [1.165, 1.54) is 5.57 Å². The molecule has 1 fully saturated rings. The van der Waals surface area contributed by atoms with E-state index in [0.29, 0.717) is 13.2 Å². The van der Waals surface area contributed by atoms with Crippen LogP contribution in [0, 0.1) is 0 Å². The van der Waals surface area contributed by atoms with Crippen LogP contribution in [0.2, 0.25) is 0 Å². The van der Waals surface area contributed by atoms with Gasteiger partial charge in [0.2, 0.25) is 0 Å². The molecule has 0 aromatic heterocycles. The van der Waals surface area contributed by atoms with Crippen molar-refractivity contribution < 1.29 is 14.6 Å². The van der Waals surface area contributed by atoms with Gasteiger partial charge < -0.3 is 19.5 Å². The van der Waals surface area contributed by atoms with E-state index >= 15 is 0 Å². The average molecular weight is 390 g/mol. The molecule has 0 bridgehead atoms. The first-order valence-corrected chi connectivity index (χ1v) is 10.3. The first-order valence-electron chi connectivity index (χ1n) is 10.3. The number of nitrogens with zero attached hydrogens (tertiary/aromatic N) is 3. The molecule has 2 aliphatic rings. The molecule has 2 heterocycles. The molecule has 1 aromatic carbocycles. The maximum atomic E-state index is 10.5. The fraction of sp³-hybridized carbons (Fsp3) is 0.636. The Morgan fingerprint density at radius 3 is 2.57 bits per heavy atom. The lowest BCUT2D eigenvalue weighted by atomic mass is 10.1. The Bertz CT molecular complexity index is 656. The number of hydrogen-bond donors (Lipinski definition) is 1. The number of β-amino-alcohol motifs (C(OH)–C–C–N with tert-alkyl or cyclic N) is 1. The van der Waals surface area contributed by atoms with Gasteiger partial charge >= 0.3 is 0 Å². The molecule has 3 rings (SSSR count). The number of ether oxygens (including phenoxy) is 2. The van der Waals surface area contributed by atoms with Crippen molar-refractivity contribution in [3.05, 3.63) is 35.4 Å². The van der Waals surface area contributed by atoms with Gasteiger partial charge in [-0.15, -0.1) is 0 Å². The molecule has 156 valence electrons.